The molecule has 3 heteroatoms. The van der Waals surface area contributed by atoms with Crippen LogP contribution in [-0.4, -0.2) is 4.57 Å². The van der Waals surface area contributed by atoms with Crippen LogP contribution in [0.15, 0.2) is 162 Å². The van der Waals surface area contributed by atoms with E-state index in [0.29, 0.717) is 5.56 Å². The largest absolute Gasteiger partial charge is 0.456 e. The number of rotatable bonds is 4. The maximum Gasteiger partial charge on any atom is 0.135 e. The highest BCUT2D eigenvalue weighted by atomic mass is 16.3. The lowest BCUT2D eigenvalue weighted by Crippen LogP contribution is -1.96. The van der Waals surface area contributed by atoms with E-state index in [1.54, 1.807) is 0 Å². The topological polar surface area (TPSA) is 41.9 Å². The van der Waals surface area contributed by atoms with E-state index in [4.69, 9.17) is 4.42 Å². The third-order valence-electron chi connectivity index (χ3n) is 9.01. The quantitative estimate of drug-likeness (QED) is 0.206. The molecule has 2 aromatic heterocycles. The van der Waals surface area contributed by atoms with Gasteiger partial charge in [-0.3, -0.25) is 0 Å². The molecule has 9 aromatic rings. The molecule has 2 heterocycles. The molecule has 0 atom stereocenters. The van der Waals surface area contributed by atoms with Crippen molar-refractivity contribution in [1.82, 2.24) is 4.57 Å². The van der Waals surface area contributed by atoms with E-state index in [-0.39, 0.29) is 0 Å². The average Bonchev–Trinajstić information content (AvgIpc) is 3.67. The highest BCUT2D eigenvalue weighted by molar-refractivity contribution is 6.09. The summed E-state index contributed by atoms with van der Waals surface area (Å²) in [6.07, 6.45) is 0. The number of benzene rings is 7. The van der Waals surface area contributed by atoms with Crippen molar-refractivity contribution in [1.29, 1.82) is 5.26 Å². The van der Waals surface area contributed by atoms with Gasteiger partial charge in [0.15, 0.2) is 0 Å². The molecule has 46 heavy (non-hydrogen) atoms. The molecule has 0 aliphatic heterocycles. The van der Waals surface area contributed by atoms with Gasteiger partial charge in [0.25, 0.3) is 0 Å². The first-order valence-electron chi connectivity index (χ1n) is 15.4. The van der Waals surface area contributed by atoms with Crippen LogP contribution < -0.4 is 0 Å². The molecule has 0 saturated heterocycles. The molecule has 0 amide bonds. The van der Waals surface area contributed by atoms with Crippen LogP contribution in [-0.2, 0) is 0 Å². The molecule has 0 bridgehead atoms. The van der Waals surface area contributed by atoms with Crippen LogP contribution in [0.3, 0.4) is 0 Å². The zero-order valence-electron chi connectivity index (χ0n) is 24.8. The van der Waals surface area contributed by atoms with Crippen molar-refractivity contribution < 1.29 is 4.42 Å². The Balaban J connectivity index is 1.29. The van der Waals surface area contributed by atoms with Crippen LogP contribution in [0.5, 0.6) is 0 Å². The number of hydrogen-bond donors (Lipinski definition) is 0. The van der Waals surface area contributed by atoms with E-state index in [1.807, 2.05) is 36.4 Å². The fourth-order valence-corrected chi connectivity index (χ4v) is 6.80. The number of nitrogens with zero attached hydrogens (tertiary/aromatic N) is 2. The third kappa shape index (κ3) is 4.20. The Morgan fingerprint density at radius 1 is 0.413 bits per heavy atom. The molecular weight excluding hydrogens is 560 g/mol. The minimum atomic E-state index is 0.658. The van der Waals surface area contributed by atoms with Gasteiger partial charge in [-0.05, 0) is 100 Å². The van der Waals surface area contributed by atoms with E-state index in [0.717, 1.165) is 61.0 Å². The molecule has 0 saturated carbocycles. The van der Waals surface area contributed by atoms with Gasteiger partial charge >= 0.3 is 0 Å². The van der Waals surface area contributed by atoms with Crippen molar-refractivity contribution in [2.45, 2.75) is 0 Å². The summed E-state index contributed by atoms with van der Waals surface area (Å²) in [7, 11) is 0. The Bertz CT molecular complexity index is 2600. The fourth-order valence-electron chi connectivity index (χ4n) is 6.80. The standard InChI is InChI=1S/C43H26N2O/c44-27-28-16-18-29(19-17-28)30-8-7-9-31(22-30)33-23-34(32-20-21-43-39(26-32)38-12-3-6-15-42(38)46-43)25-35(24-33)45-40-13-4-1-10-36(40)37-11-2-5-14-41(37)45/h1-26H. The Hall–Kier alpha value is -6.37. The highest BCUT2D eigenvalue weighted by Crippen LogP contribution is 2.38. The maximum atomic E-state index is 9.29. The first kappa shape index (κ1) is 26.1. The minimum Gasteiger partial charge on any atom is -0.456 e. The van der Waals surface area contributed by atoms with Gasteiger partial charge in [0.2, 0.25) is 0 Å². The van der Waals surface area contributed by atoms with Crippen molar-refractivity contribution in [3.8, 4) is 45.1 Å². The monoisotopic (exact) mass is 586 g/mol. The van der Waals surface area contributed by atoms with Gasteiger partial charge < -0.3 is 8.98 Å². The van der Waals surface area contributed by atoms with E-state index >= 15 is 0 Å². The molecule has 214 valence electrons. The molecule has 0 aliphatic rings. The van der Waals surface area contributed by atoms with Crippen molar-refractivity contribution in [3.63, 3.8) is 0 Å². The van der Waals surface area contributed by atoms with E-state index in [1.165, 1.54) is 21.8 Å². The van der Waals surface area contributed by atoms with Gasteiger partial charge in [-0.1, -0.05) is 91.0 Å². The van der Waals surface area contributed by atoms with E-state index < -0.39 is 0 Å². The van der Waals surface area contributed by atoms with Gasteiger partial charge in [-0.2, -0.15) is 5.26 Å². The lowest BCUT2D eigenvalue weighted by molar-refractivity contribution is 0.669. The Labute approximate surface area is 265 Å². The van der Waals surface area contributed by atoms with Crippen LogP contribution in [0.2, 0.25) is 0 Å². The van der Waals surface area contributed by atoms with Gasteiger partial charge in [0, 0.05) is 27.2 Å². The number of fused-ring (bicyclic) bond motifs is 6. The van der Waals surface area contributed by atoms with E-state index in [2.05, 4.69) is 132 Å². The lowest BCUT2D eigenvalue weighted by Gasteiger charge is -2.15. The number of hydrogen-bond acceptors (Lipinski definition) is 2. The normalized spacial score (nSPS) is 11.5. The molecule has 0 spiro atoms. The summed E-state index contributed by atoms with van der Waals surface area (Å²) in [4.78, 5) is 0. The Morgan fingerprint density at radius 3 is 1.65 bits per heavy atom. The summed E-state index contributed by atoms with van der Waals surface area (Å²) in [6, 6.07) is 57.5. The Kier molecular flexibility index (Phi) is 5.88. The average molecular weight is 587 g/mol. The van der Waals surface area contributed by atoms with Crippen molar-refractivity contribution in [3.05, 3.63) is 163 Å². The summed E-state index contributed by atoms with van der Waals surface area (Å²) in [6.45, 7) is 0. The molecule has 0 aliphatic carbocycles. The summed E-state index contributed by atoms with van der Waals surface area (Å²) in [5, 5.41) is 14.0. The molecular formula is C43H26N2O. The maximum absolute atomic E-state index is 9.29. The van der Waals surface area contributed by atoms with Crippen LogP contribution in [0.1, 0.15) is 5.56 Å². The van der Waals surface area contributed by atoms with Gasteiger partial charge in [0.1, 0.15) is 11.2 Å². The van der Waals surface area contributed by atoms with Crippen molar-refractivity contribution >= 4 is 43.7 Å². The third-order valence-corrected chi connectivity index (χ3v) is 9.01. The fraction of sp³-hybridized carbons (Fsp3) is 0. The molecule has 0 N–H and O–H groups in total. The SMILES string of the molecule is N#Cc1ccc(-c2cccc(-c3cc(-c4ccc5oc6ccccc6c5c4)cc(-n4c5ccccc5c5ccccc54)c3)c2)cc1. The summed E-state index contributed by atoms with van der Waals surface area (Å²) in [5.41, 5.74) is 12.6. The van der Waals surface area contributed by atoms with Crippen molar-refractivity contribution in [2.75, 3.05) is 0 Å². The summed E-state index contributed by atoms with van der Waals surface area (Å²) >= 11 is 0. The van der Waals surface area contributed by atoms with Gasteiger partial charge in [0.05, 0.1) is 22.7 Å². The van der Waals surface area contributed by atoms with Gasteiger partial charge in [-0.15, -0.1) is 0 Å². The van der Waals surface area contributed by atoms with Crippen molar-refractivity contribution in [2.24, 2.45) is 0 Å². The summed E-state index contributed by atoms with van der Waals surface area (Å²) < 4.78 is 8.55. The summed E-state index contributed by atoms with van der Waals surface area (Å²) in [5.74, 6) is 0. The minimum absolute atomic E-state index is 0.658. The number of furan rings is 1. The zero-order chi connectivity index (χ0) is 30.6. The highest BCUT2D eigenvalue weighted by Gasteiger charge is 2.15. The smallest absolute Gasteiger partial charge is 0.135 e. The first-order chi connectivity index (χ1) is 22.7. The van der Waals surface area contributed by atoms with Crippen LogP contribution >= 0.6 is 0 Å². The van der Waals surface area contributed by atoms with Crippen LogP contribution in [0, 0.1) is 11.3 Å². The molecule has 9 rings (SSSR count). The zero-order valence-corrected chi connectivity index (χ0v) is 24.8. The molecule has 0 unspecified atom stereocenters. The lowest BCUT2D eigenvalue weighted by atomic mass is 9.94. The Morgan fingerprint density at radius 2 is 0.957 bits per heavy atom. The number of aromatic nitrogens is 1. The second kappa shape index (κ2) is 10.4. The first-order valence-corrected chi connectivity index (χ1v) is 15.4. The predicted molar refractivity (Wildman–Crippen MR) is 189 cm³/mol. The van der Waals surface area contributed by atoms with Crippen LogP contribution in [0.25, 0.3) is 82.8 Å². The number of para-hydroxylation sites is 3. The second-order valence-electron chi connectivity index (χ2n) is 11.7. The predicted octanol–water partition coefficient (Wildman–Crippen LogP) is 11.6. The second-order valence-corrected chi connectivity index (χ2v) is 11.7. The molecule has 0 radical (unpaired) electrons. The molecule has 7 aromatic carbocycles. The number of nitriles is 1. The van der Waals surface area contributed by atoms with E-state index in [9.17, 15) is 5.26 Å². The van der Waals surface area contributed by atoms with Gasteiger partial charge in [-0.25, -0.2) is 0 Å². The molecule has 3 nitrogen and oxygen atoms in total. The van der Waals surface area contributed by atoms with Crippen LogP contribution in [0.4, 0.5) is 0 Å². The molecule has 0 fully saturated rings.